The fraction of sp³-hybridized carbons (Fsp3) is 0.846. The Morgan fingerprint density at radius 2 is 1.83 bits per heavy atom. The number of hydrogen-bond donors (Lipinski definition) is 2. The Hall–Kier alpha value is -0.680. The number of amides is 1. The zero-order valence-corrected chi connectivity index (χ0v) is 12.6. The maximum atomic E-state index is 12.0. The summed E-state index contributed by atoms with van der Waals surface area (Å²) in [5, 5.41) is 2.96. The first-order valence-electron chi connectivity index (χ1n) is 6.65. The van der Waals surface area contributed by atoms with Crippen LogP contribution in [-0.4, -0.2) is 41.0 Å². The van der Waals surface area contributed by atoms with E-state index in [-0.39, 0.29) is 5.91 Å². The first-order chi connectivity index (χ1) is 8.31. The van der Waals surface area contributed by atoms with Gasteiger partial charge < -0.3 is 11.1 Å². The number of nitrogens with one attached hydrogen (secondary N) is 1. The molecular formula is C13H25N3OS. The molecular weight excluding hydrogens is 246 g/mol. The standard InChI is InChI=1S/C13H25N3OS/c1-9(2)16(10(3)4)8-7-15-12(17)13(5-6-13)11(14)18/h9-10H,5-8H2,1-4H3,(H2,14,18)(H,15,17). The second-order valence-corrected chi connectivity index (χ2v) is 6.07. The average Bonchev–Trinajstić information content (AvgIpc) is 3.03. The molecule has 0 aromatic heterocycles. The van der Waals surface area contributed by atoms with E-state index in [9.17, 15) is 4.79 Å². The monoisotopic (exact) mass is 271 g/mol. The molecule has 0 saturated heterocycles. The summed E-state index contributed by atoms with van der Waals surface area (Å²) in [5.41, 5.74) is 5.09. The van der Waals surface area contributed by atoms with Gasteiger partial charge in [0.2, 0.25) is 5.91 Å². The second-order valence-electron chi connectivity index (χ2n) is 5.63. The summed E-state index contributed by atoms with van der Waals surface area (Å²) in [6.45, 7) is 10.2. The molecule has 18 heavy (non-hydrogen) atoms. The van der Waals surface area contributed by atoms with Crippen LogP contribution in [0.15, 0.2) is 0 Å². The molecule has 1 aliphatic carbocycles. The molecule has 1 aliphatic rings. The average molecular weight is 271 g/mol. The zero-order valence-electron chi connectivity index (χ0n) is 11.8. The van der Waals surface area contributed by atoms with Gasteiger partial charge in [-0.1, -0.05) is 12.2 Å². The third kappa shape index (κ3) is 3.42. The van der Waals surface area contributed by atoms with Crippen LogP contribution in [-0.2, 0) is 4.79 Å². The molecule has 1 rings (SSSR count). The summed E-state index contributed by atoms with van der Waals surface area (Å²) in [5.74, 6) is 0.00228. The van der Waals surface area contributed by atoms with Gasteiger partial charge in [-0.3, -0.25) is 9.69 Å². The molecule has 0 aromatic rings. The van der Waals surface area contributed by atoms with Gasteiger partial charge in [0.25, 0.3) is 0 Å². The molecule has 0 aliphatic heterocycles. The molecule has 3 N–H and O–H groups in total. The van der Waals surface area contributed by atoms with Crippen LogP contribution in [0.5, 0.6) is 0 Å². The highest BCUT2D eigenvalue weighted by Gasteiger charge is 2.52. The minimum absolute atomic E-state index is 0.00228. The number of nitrogens with zero attached hydrogens (tertiary/aromatic N) is 1. The van der Waals surface area contributed by atoms with E-state index < -0.39 is 5.41 Å². The molecule has 1 fully saturated rings. The number of thiocarbonyl (C=S) groups is 1. The summed E-state index contributed by atoms with van der Waals surface area (Å²) in [7, 11) is 0. The Kier molecular flexibility index (Phi) is 5.10. The lowest BCUT2D eigenvalue weighted by Crippen LogP contribution is -2.45. The molecule has 104 valence electrons. The molecule has 0 atom stereocenters. The van der Waals surface area contributed by atoms with E-state index in [1.54, 1.807) is 0 Å². The zero-order chi connectivity index (χ0) is 13.9. The van der Waals surface area contributed by atoms with E-state index in [2.05, 4.69) is 37.9 Å². The van der Waals surface area contributed by atoms with Gasteiger partial charge in [-0.25, -0.2) is 0 Å². The van der Waals surface area contributed by atoms with Crippen LogP contribution in [0.2, 0.25) is 0 Å². The van der Waals surface area contributed by atoms with Crippen LogP contribution in [0, 0.1) is 5.41 Å². The van der Waals surface area contributed by atoms with Crippen LogP contribution in [0.25, 0.3) is 0 Å². The van der Waals surface area contributed by atoms with Crippen molar-refractivity contribution in [3.05, 3.63) is 0 Å². The van der Waals surface area contributed by atoms with Crippen LogP contribution < -0.4 is 11.1 Å². The number of hydrogen-bond acceptors (Lipinski definition) is 3. The normalized spacial score (nSPS) is 17.3. The van der Waals surface area contributed by atoms with E-state index in [4.69, 9.17) is 18.0 Å². The Morgan fingerprint density at radius 1 is 1.33 bits per heavy atom. The molecule has 0 aromatic carbocycles. The van der Waals surface area contributed by atoms with Crippen molar-refractivity contribution >= 4 is 23.1 Å². The highest BCUT2D eigenvalue weighted by atomic mass is 32.1. The van der Waals surface area contributed by atoms with Gasteiger partial charge in [0.15, 0.2) is 0 Å². The molecule has 0 heterocycles. The second kappa shape index (κ2) is 5.97. The van der Waals surface area contributed by atoms with E-state index in [0.717, 1.165) is 19.4 Å². The molecule has 5 heteroatoms. The lowest BCUT2D eigenvalue weighted by molar-refractivity contribution is -0.124. The number of nitrogens with two attached hydrogens (primary N) is 1. The summed E-state index contributed by atoms with van der Waals surface area (Å²) < 4.78 is 0. The lowest BCUT2D eigenvalue weighted by atomic mass is 10.1. The SMILES string of the molecule is CC(C)N(CCNC(=O)C1(C(N)=S)CC1)C(C)C. The molecule has 0 unspecified atom stereocenters. The molecule has 0 spiro atoms. The summed E-state index contributed by atoms with van der Waals surface area (Å²) >= 11 is 4.96. The van der Waals surface area contributed by atoms with Gasteiger partial charge in [0, 0.05) is 25.2 Å². The highest BCUT2D eigenvalue weighted by molar-refractivity contribution is 7.80. The fourth-order valence-electron chi connectivity index (χ4n) is 2.29. The Morgan fingerprint density at radius 3 is 2.17 bits per heavy atom. The minimum atomic E-state index is -0.532. The Labute approximate surface area is 115 Å². The van der Waals surface area contributed by atoms with E-state index in [0.29, 0.717) is 23.6 Å². The van der Waals surface area contributed by atoms with Crippen LogP contribution in [0.1, 0.15) is 40.5 Å². The largest absolute Gasteiger partial charge is 0.392 e. The third-order valence-electron chi connectivity index (χ3n) is 3.64. The predicted octanol–water partition coefficient (Wildman–Crippen LogP) is 1.29. The fourth-order valence-corrected chi connectivity index (χ4v) is 2.59. The quantitative estimate of drug-likeness (QED) is 0.685. The summed E-state index contributed by atoms with van der Waals surface area (Å²) in [4.78, 5) is 14.7. The molecule has 1 saturated carbocycles. The molecule has 1 amide bonds. The summed E-state index contributed by atoms with van der Waals surface area (Å²) in [6.07, 6.45) is 1.60. The van der Waals surface area contributed by atoms with Crippen molar-refractivity contribution in [3.8, 4) is 0 Å². The van der Waals surface area contributed by atoms with Gasteiger partial charge in [-0.15, -0.1) is 0 Å². The first kappa shape index (κ1) is 15.4. The predicted molar refractivity (Wildman–Crippen MR) is 78.4 cm³/mol. The van der Waals surface area contributed by atoms with E-state index in [1.807, 2.05) is 0 Å². The highest BCUT2D eigenvalue weighted by Crippen LogP contribution is 2.46. The first-order valence-corrected chi connectivity index (χ1v) is 7.06. The van der Waals surface area contributed by atoms with Crippen molar-refractivity contribution in [2.24, 2.45) is 11.1 Å². The summed E-state index contributed by atoms with van der Waals surface area (Å²) in [6, 6.07) is 0.958. The lowest BCUT2D eigenvalue weighted by Gasteiger charge is -2.30. The van der Waals surface area contributed by atoms with Crippen LogP contribution in [0.3, 0.4) is 0 Å². The van der Waals surface area contributed by atoms with Crippen molar-refractivity contribution in [2.45, 2.75) is 52.6 Å². The number of carbonyl (C=O) groups excluding carboxylic acids is 1. The van der Waals surface area contributed by atoms with Gasteiger partial charge in [-0.2, -0.15) is 0 Å². The number of carbonyl (C=O) groups is 1. The van der Waals surface area contributed by atoms with Crippen molar-refractivity contribution in [2.75, 3.05) is 13.1 Å². The van der Waals surface area contributed by atoms with Crippen molar-refractivity contribution in [1.29, 1.82) is 0 Å². The van der Waals surface area contributed by atoms with Crippen molar-refractivity contribution < 1.29 is 4.79 Å². The number of rotatable bonds is 7. The maximum absolute atomic E-state index is 12.0. The van der Waals surface area contributed by atoms with E-state index in [1.165, 1.54) is 0 Å². The molecule has 0 bridgehead atoms. The molecule has 4 nitrogen and oxygen atoms in total. The van der Waals surface area contributed by atoms with Crippen LogP contribution in [0.4, 0.5) is 0 Å². The van der Waals surface area contributed by atoms with Gasteiger partial charge in [0.1, 0.15) is 0 Å². The Bertz CT molecular complexity index is 316. The van der Waals surface area contributed by atoms with Gasteiger partial charge in [-0.05, 0) is 40.5 Å². The van der Waals surface area contributed by atoms with E-state index >= 15 is 0 Å². The van der Waals surface area contributed by atoms with Crippen molar-refractivity contribution in [1.82, 2.24) is 10.2 Å². The minimum Gasteiger partial charge on any atom is -0.392 e. The smallest absolute Gasteiger partial charge is 0.233 e. The van der Waals surface area contributed by atoms with Crippen LogP contribution >= 0.6 is 12.2 Å². The van der Waals surface area contributed by atoms with Gasteiger partial charge in [0.05, 0.1) is 10.4 Å². The maximum Gasteiger partial charge on any atom is 0.233 e. The topological polar surface area (TPSA) is 58.4 Å². The molecule has 0 radical (unpaired) electrons. The van der Waals surface area contributed by atoms with Gasteiger partial charge >= 0.3 is 0 Å². The third-order valence-corrected chi connectivity index (χ3v) is 4.03. The Balaban J connectivity index is 2.38. The van der Waals surface area contributed by atoms with Crippen molar-refractivity contribution in [3.63, 3.8) is 0 Å².